The van der Waals surface area contributed by atoms with Gasteiger partial charge >= 0.3 is 16.3 Å². The van der Waals surface area contributed by atoms with E-state index in [1.807, 2.05) is 0 Å². The van der Waals surface area contributed by atoms with Gasteiger partial charge in [0.05, 0.1) is 5.69 Å². The van der Waals surface area contributed by atoms with Crippen molar-refractivity contribution in [3.05, 3.63) is 30.3 Å². The summed E-state index contributed by atoms with van der Waals surface area (Å²) in [5.74, 6) is 0. The minimum atomic E-state index is -4.12. The fourth-order valence-corrected chi connectivity index (χ4v) is 2.70. The number of carbonyl (C=O) groups is 1. The summed E-state index contributed by atoms with van der Waals surface area (Å²) in [6, 6.07) is 8.16. The zero-order valence-corrected chi connectivity index (χ0v) is 11.9. The average molecular weight is 286 g/mol. The average Bonchev–Trinajstić information content (AvgIpc) is 2.25. The van der Waals surface area contributed by atoms with Crippen LogP contribution in [0.2, 0.25) is 0 Å². The van der Waals surface area contributed by atoms with Crippen molar-refractivity contribution in [1.82, 2.24) is 4.31 Å². The fourth-order valence-electron chi connectivity index (χ4n) is 1.40. The number of nitrogens with zero attached hydrogens (tertiary/aromatic N) is 1. The number of anilines is 1. The molecule has 0 atom stereocenters. The molecule has 0 spiro atoms. The third-order valence-electron chi connectivity index (χ3n) is 2.14. The Balaban J connectivity index is 2.98. The van der Waals surface area contributed by atoms with Crippen LogP contribution in [0.1, 0.15) is 20.8 Å². The Bertz CT molecular complexity index is 535. The maximum absolute atomic E-state index is 12.1. The molecule has 1 aromatic carbocycles. The molecule has 2 N–H and O–H groups in total. The number of rotatable bonds is 4. The van der Waals surface area contributed by atoms with Crippen molar-refractivity contribution in [2.75, 3.05) is 11.3 Å². The van der Waals surface area contributed by atoms with Gasteiger partial charge in [-0.05, 0) is 17.5 Å². The first-order valence-electron chi connectivity index (χ1n) is 5.70. The predicted octanol–water partition coefficient (Wildman–Crippen LogP) is 2.37. The van der Waals surface area contributed by atoms with Gasteiger partial charge in [0.2, 0.25) is 0 Å². The van der Waals surface area contributed by atoms with Gasteiger partial charge in [-0.3, -0.25) is 4.72 Å². The lowest BCUT2D eigenvalue weighted by atomic mass is 9.97. The number of nitrogens with one attached hydrogen (secondary N) is 1. The van der Waals surface area contributed by atoms with E-state index in [2.05, 4.69) is 4.72 Å². The van der Waals surface area contributed by atoms with Gasteiger partial charge in [0.15, 0.2) is 0 Å². The van der Waals surface area contributed by atoms with E-state index in [0.717, 1.165) is 0 Å². The molecule has 0 saturated heterocycles. The summed E-state index contributed by atoms with van der Waals surface area (Å²) >= 11 is 0. The fraction of sp³-hybridized carbons (Fsp3) is 0.417. The molecule has 1 rings (SSSR count). The maximum Gasteiger partial charge on any atom is 0.422 e. The molecule has 0 radical (unpaired) electrons. The summed E-state index contributed by atoms with van der Waals surface area (Å²) in [5.41, 5.74) is -0.147. The number of carboxylic acid groups (broad SMARTS) is 1. The smallest absolute Gasteiger partial charge is 0.422 e. The van der Waals surface area contributed by atoms with Crippen LogP contribution in [0.15, 0.2) is 30.3 Å². The Morgan fingerprint density at radius 2 is 1.79 bits per heavy atom. The second kappa shape index (κ2) is 5.48. The second-order valence-electron chi connectivity index (χ2n) is 5.32. The molecular weight excluding hydrogens is 268 g/mol. The van der Waals surface area contributed by atoms with Crippen LogP contribution >= 0.6 is 0 Å². The molecule has 0 fully saturated rings. The number of para-hydroxylation sites is 1. The van der Waals surface area contributed by atoms with Crippen molar-refractivity contribution in [3.63, 3.8) is 0 Å². The number of hydrogen-bond acceptors (Lipinski definition) is 3. The van der Waals surface area contributed by atoms with Gasteiger partial charge in [0.1, 0.15) is 0 Å². The van der Waals surface area contributed by atoms with Crippen LogP contribution in [0.5, 0.6) is 0 Å². The van der Waals surface area contributed by atoms with Gasteiger partial charge in [-0.1, -0.05) is 39.0 Å². The molecule has 0 aliphatic rings. The van der Waals surface area contributed by atoms with E-state index in [4.69, 9.17) is 5.11 Å². The van der Waals surface area contributed by atoms with E-state index in [0.29, 0.717) is 9.99 Å². The van der Waals surface area contributed by atoms with Gasteiger partial charge in [-0.25, -0.2) is 4.79 Å². The SMILES string of the molecule is CC(C)(C)CN(C(=O)O)S(=O)(=O)Nc1ccccc1. The van der Waals surface area contributed by atoms with E-state index in [1.165, 1.54) is 0 Å². The van der Waals surface area contributed by atoms with Crippen molar-refractivity contribution in [2.24, 2.45) is 5.41 Å². The highest BCUT2D eigenvalue weighted by Gasteiger charge is 2.31. The Hall–Kier alpha value is -1.76. The van der Waals surface area contributed by atoms with E-state index < -0.39 is 21.7 Å². The third kappa shape index (κ3) is 4.78. The van der Waals surface area contributed by atoms with E-state index >= 15 is 0 Å². The maximum atomic E-state index is 12.1. The molecule has 7 heteroatoms. The lowest BCUT2D eigenvalue weighted by molar-refractivity contribution is 0.160. The molecule has 0 aliphatic carbocycles. The van der Waals surface area contributed by atoms with Crippen LogP contribution in [0.4, 0.5) is 10.5 Å². The van der Waals surface area contributed by atoms with Crippen LogP contribution in [-0.4, -0.2) is 30.5 Å². The normalized spacial score (nSPS) is 11.9. The molecule has 0 bridgehead atoms. The van der Waals surface area contributed by atoms with Crippen LogP contribution in [0.25, 0.3) is 0 Å². The molecule has 0 heterocycles. The molecule has 1 aromatic rings. The van der Waals surface area contributed by atoms with Crippen molar-refractivity contribution in [2.45, 2.75) is 20.8 Å². The first-order valence-corrected chi connectivity index (χ1v) is 7.14. The van der Waals surface area contributed by atoms with Gasteiger partial charge < -0.3 is 5.11 Å². The largest absolute Gasteiger partial charge is 0.464 e. The summed E-state index contributed by atoms with van der Waals surface area (Å²) in [6.07, 6.45) is -1.50. The lowest BCUT2D eigenvalue weighted by Gasteiger charge is -2.27. The molecular formula is C12H18N2O4S. The van der Waals surface area contributed by atoms with E-state index in [9.17, 15) is 13.2 Å². The standard InChI is InChI=1S/C12H18N2O4S/c1-12(2,3)9-14(11(15)16)19(17,18)13-10-7-5-4-6-8-10/h4-8,13H,9H2,1-3H3,(H,15,16). The van der Waals surface area contributed by atoms with E-state index in [-0.39, 0.29) is 6.54 Å². The Morgan fingerprint density at radius 1 is 1.26 bits per heavy atom. The summed E-state index contributed by atoms with van der Waals surface area (Å²) in [7, 11) is -4.12. The van der Waals surface area contributed by atoms with Crippen molar-refractivity contribution < 1.29 is 18.3 Å². The van der Waals surface area contributed by atoms with Gasteiger partial charge in [0.25, 0.3) is 0 Å². The highest BCUT2D eigenvalue weighted by atomic mass is 32.2. The molecule has 0 unspecified atom stereocenters. The Morgan fingerprint density at radius 3 is 2.21 bits per heavy atom. The first-order chi connectivity index (χ1) is 8.62. The minimum absolute atomic E-state index is 0.121. The summed E-state index contributed by atoms with van der Waals surface area (Å²) in [4.78, 5) is 11.1. The monoisotopic (exact) mass is 286 g/mol. The van der Waals surface area contributed by atoms with Crippen LogP contribution in [0.3, 0.4) is 0 Å². The molecule has 0 aliphatic heterocycles. The molecule has 0 saturated carbocycles. The predicted molar refractivity (Wildman–Crippen MR) is 73.2 cm³/mol. The highest BCUT2D eigenvalue weighted by Crippen LogP contribution is 2.19. The van der Waals surface area contributed by atoms with Crippen molar-refractivity contribution in [3.8, 4) is 0 Å². The zero-order chi connectivity index (χ0) is 14.7. The van der Waals surface area contributed by atoms with Crippen molar-refractivity contribution in [1.29, 1.82) is 0 Å². The van der Waals surface area contributed by atoms with E-state index in [1.54, 1.807) is 51.1 Å². The molecule has 19 heavy (non-hydrogen) atoms. The Kier molecular flexibility index (Phi) is 4.41. The molecule has 0 aromatic heterocycles. The van der Waals surface area contributed by atoms with Crippen LogP contribution in [0, 0.1) is 5.41 Å². The zero-order valence-electron chi connectivity index (χ0n) is 11.1. The topological polar surface area (TPSA) is 86.7 Å². The van der Waals surface area contributed by atoms with Gasteiger partial charge in [0, 0.05) is 6.54 Å². The van der Waals surface area contributed by atoms with Crippen LogP contribution in [-0.2, 0) is 10.2 Å². The summed E-state index contributed by atoms with van der Waals surface area (Å²) in [5, 5.41) is 9.06. The number of benzene rings is 1. The van der Waals surface area contributed by atoms with Gasteiger partial charge in [-0.2, -0.15) is 12.7 Å². The number of amides is 1. The van der Waals surface area contributed by atoms with Crippen LogP contribution < -0.4 is 4.72 Å². The summed E-state index contributed by atoms with van der Waals surface area (Å²) < 4.78 is 26.8. The highest BCUT2D eigenvalue weighted by molar-refractivity contribution is 7.90. The molecule has 1 amide bonds. The second-order valence-corrected chi connectivity index (χ2v) is 6.92. The molecule has 106 valence electrons. The van der Waals surface area contributed by atoms with Gasteiger partial charge in [-0.15, -0.1) is 0 Å². The quantitative estimate of drug-likeness (QED) is 0.889. The number of hydrogen-bond donors (Lipinski definition) is 2. The summed E-state index contributed by atoms with van der Waals surface area (Å²) in [6.45, 7) is 5.17. The Labute approximate surface area is 113 Å². The molecule has 6 nitrogen and oxygen atoms in total. The van der Waals surface area contributed by atoms with Crippen molar-refractivity contribution >= 4 is 22.0 Å². The first kappa shape index (κ1) is 15.3. The third-order valence-corrected chi connectivity index (χ3v) is 3.50. The lowest BCUT2D eigenvalue weighted by Crippen LogP contribution is -2.44. The minimum Gasteiger partial charge on any atom is -0.464 e.